The van der Waals surface area contributed by atoms with E-state index in [1.807, 2.05) is 0 Å². The van der Waals surface area contributed by atoms with E-state index in [0.717, 1.165) is 47.9 Å². The molecule has 0 spiro atoms. The largest absolute Gasteiger partial charge is 0.373 e. The van der Waals surface area contributed by atoms with Gasteiger partial charge in [0.15, 0.2) is 5.82 Å². The van der Waals surface area contributed by atoms with Crippen LogP contribution in [0.4, 0.5) is 5.82 Å². The number of ether oxygens (including phenoxy) is 1. The number of fused-ring (bicyclic) bond motifs is 1. The Labute approximate surface area is 124 Å². The summed E-state index contributed by atoms with van der Waals surface area (Å²) in [5.41, 5.74) is 1.28. The Kier molecular flexibility index (Phi) is 5.31. The van der Waals surface area contributed by atoms with Gasteiger partial charge < -0.3 is 10.1 Å². The molecule has 0 atom stereocenters. The fourth-order valence-corrected chi connectivity index (χ4v) is 3.11. The molecule has 0 amide bonds. The first kappa shape index (κ1) is 15.2. The molecule has 0 aliphatic carbocycles. The number of hydrogen-bond acceptors (Lipinski definition) is 5. The van der Waals surface area contributed by atoms with Crippen molar-refractivity contribution in [1.29, 1.82) is 0 Å². The Hall–Kier alpha value is -1.20. The quantitative estimate of drug-likeness (QED) is 0.782. The van der Waals surface area contributed by atoms with Gasteiger partial charge in [0.25, 0.3) is 0 Å². The molecule has 0 radical (unpaired) electrons. The summed E-state index contributed by atoms with van der Waals surface area (Å²) in [7, 11) is 0. The lowest BCUT2D eigenvalue weighted by molar-refractivity contribution is 0.113. The normalized spacial score (nSPS) is 11.2. The second kappa shape index (κ2) is 6.99. The second-order valence-corrected chi connectivity index (χ2v) is 6.09. The third kappa shape index (κ3) is 3.27. The number of rotatable bonds is 7. The number of unbranched alkanes of at least 4 members (excludes halogenated alkanes) is 1. The number of thiophene rings is 1. The lowest BCUT2D eigenvalue weighted by Crippen LogP contribution is -2.06. The molecule has 2 aromatic rings. The first-order chi connectivity index (χ1) is 9.67. The number of hydrogen-bond donors (Lipinski definition) is 1. The van der Waals surface area contributed by atoms with Crippen molar-refractivity contribution in [3.63, 3.8) is 0 Å². The molecule has 110 valence electrons. The maximum atomic E-state index is 5.63. The molecule has 0 aromatic carbocycles. The van der Waals surface area contributed by atoms with E-state index in [1.165, 1.54) is 10.4 Å². The molecule has 0 fully saturated rings. The van der Waals surface area contributed by atoms with Crippen LogP contribution in [0, 0.1) is 13.8 Å². The molecule has 0 bridgehead atoms. The Morgan fingerprint density at radius 2 is 2.00 bits per heavy atom. The molecule has 4 nitrogen and oxygen atoms in total. The fraction of sp³-hybridized carbons (Fsp3) is 0.600. The van der Waals surface area contributed by atoms with E-state index in [-0.39, 0.29) is 0 Å². The van der Waals surface area contributed by atoms with E-state index in [9.17, 15) is 0 Å². The molecule has 0 saturated carbocycles. The van der Waals surface area contributed by atoms with Crippen LogP contribution in [0.5, 0.6) is 0 Å². The summed E-state index contributed by atoms with van der Waals surface area (Å²) in [4.78, 5) is 11.6. The molecule has 2 heterocycles. The third-order valence-corrected chi connectivity index (χ3v) is 4.39. The van der Waals surface area contributed by atoms with Crippen molar-refractivity contribution in [3.05, 3.63) is 16.3 Å². The lowest BCUT2D eigenvalue weighted by Gasteiger charge is -2.08. The van der Waals surface area contributed by atoms with Crippen LogP contribution in [0.25, 0.3) is 10.2 Å². The van der Waals surface area contributed by atoms with E-state index >= 15 is 0 Å². The van der Waals surface area contributed by atoms with Crippen molar-refractivity contribution < 1.29 is 4.74 Å². The maximum absolute atomic E-state index is 5.63. The molecule has 20 heavy (non-hydrogen) atoms. The van der Waals surface area contributed by atoms with Gasteiger partial charge in [0.1, 0.15) is 17.3 Å². The highest BCUT2D eigenvalue weighted by atomic mass is 32.1. The standard InChI is InChI=1S/C15H23N3OS/c1-5-7-8-19-9-12-17-14(16-6-2)13-10(3)11(4)20-15(13)18-12/h5-9H2,1-4H3,(H,16,17,18). The maximum Gasteiger partial charge on any atom is 0.158 e. The molecule has 2 aromatic heterocycles. The molecule has 0 unspecified atom stereocenters. The van der Waals surface area contributed by atoms with Gasteiger partial charge in [-0.1, -0.05) is 13.3 Å². The molecule has 5 heteroatoms. The molecule has 0 aliphatic heterocycles. The van der Waals surface area contributed by atoms with Crippen molar-refractivity contribution in [2.45, 2.75) is 47.1 Å². The van der Waals surface area contributed by atoms with Crippen LogP contribution >= 0.6 is 11.3 Å². The summed E-state index contributed by atoms with van der Waals surface area (Å²) in [6, 6.07) is 0. The Bertz CT molecular complexity index is 580. The monoisotopic (exact) mass is 293 g/mol. The average Bonchev–Trinajstić information content (AvgIpc) is 2.71. The van der Waals surface area contributed by atoms with Crippen molar-refractivity contribution in [2.24, 2.45) is 0 Å². The van der Waals surface area contributed by atoms with Crippen LogP contribution in [0.2, 0.25) is 0 Å². The van der Waals surface area contributed by atoms with Crippen LogP contribution < -0.4 is 5.32 Å². The second-order valence-electron chi connectivity index (χ2n) is 4.89. The van der Waals surface area contributed by atoms with Crippen molar-refractivity contribution in [1.82, 2.24) is 9.97 Å². The van der Waals surface area contributed by atoms with Crippen LogP contribution in [0.3, 0.4) is 0 Å². The molecule has 1 N–H and O–H groups in total. The summed E-state index contributed by atoms with van der Waals surface area (Å²) in [5.74, 6) is 1.71. The van der Waals surface area contributed by atoms with E-state index in [1.54, 1.807) is 11.3 Å². The number of nitrogens with one attached hydrogen (secondary N) is 1. The van der Waals surface area contributed by atoms with Crippen LogP contribution in [-0.2, 0) is 11.3 Å². The van der Waals surface area contributed by atoms with Gasteiger partial charge in [-0.15, -0.1) is 11.3 Å². The average molecular weight is 293 g/mol. The zero-order chi connectivity index (χ0) is 14.5. The predicted molar refractivity (Wildman–Crippen MR) is 85.6 cm³/mol. The Morgan fingerprint density at radius 1 is 1.20 bits per heavy atom. The Balaban J connectivity index is 2.28. The molecular formula is C15H23N3OS. The van der Waals surface area contributed by atoms with Gasteiger partial charge in [0.05, 0.1) is 5.39 Å². The van der Waals surface area contributed by atoms with Gasteiger partial charge in [-0.3, -0.25) is 0 Å². The summed E-state index contributed by atoms with van der Waals surface area (Å²) in [6.45, 7) is 10.6. The fourth-order valence-electron chi connectivity index (χ4n) is 2.06. The third-order valence-electron chi connectivity index (χ3n) is 3.29. The minimum atomic E-state index is 0.490. The number of aromatic nitrogens is 2. The minimum Gasteiger partial charge on any atom is -0.373 e. The first-order valence-corrected chi connectivity index (χ1v) is 8.07. The summed E-state index contributed by atoms with van der Waals surface area (Å²) >= 11 is 1.73. The zero-order valence-corrected chi connectivity index (χ0v) is 13.6. The topological polar surface area (TPSA) is 47.0 Å². The van der Waals surface area contributed by atoms with Crippen LogP contribution in [0.15, 0.2) is 0 Å². The van der Waals surface area contributed by atoms with Crippen molar-refractivity contribution >= 4 is 27.4 Å². The molecule has 2 rings (SSSR count). The number of anilines is 1. The van der Waals surface area contributed by atoms with Gasteiger partial charge in [-0.2, -0.15) is 0 Å². The van der Waals surface area contributed by atoms with Gasteiger partial charge in [0.2, 0.25) is 0 Å². The highest BCUT2D eigenvalue weighted by Crippen LogP contribution is 2.33. The van der Waals surface area contributed by atoms with Gasteiger partial charge in [-0.25, -0.2) is 9.97 Å². The van der Waals surface area contributed by atoms with Gasteiger partial charge in [0, 0.05) is 18.0 Å². The zero-order valence-electron chi connectivity index (χ0n) is 12.7. The first-order valence-electron chi connectivity index (χ1n) is 7.25. The van der Waals surface area contributed by atoms with E-state index in [4.69, 9.17) is 4.74 Å². The van der Waals surface area contributed by atoms with Crippen LogP contribution in [0.1, 0.15) is 43.0 Å². The lowest BCUT2D eigenvalue weighted by atomic mass is 10.2. The summed E-state index contributed by atoms with van der Waals surface area (Å²) in [5, 5.41) is 4.51. The molecule has 0 saturated heterocycles. The highest BCUT2D eigenvalue weighted by Gasteiger charge is 2.14. The van der Waals surface area contributed by atoms with Gasteiger partial charge in [-0.05, 0) is 32.8 Å². The van der Waals surface area contributed by atoms with E-state index in [2.05, 4.69) is 43.0 Å². The smallest absolute Gasteiger partial charge is 0.158 e. The molecular weight excluding hydrogens is 270 g/mol. The van der Waals surface area contributed by atoms with Gasteiger partial charge >= 0.3 is 0 Å². The van der Waals surface area contributed by atoms with E-state index < -0.39 is 0 Å². The Morgan fingerprint density at radius 3 is 2.70 bits per heavy atom. The summed E-state index contributed by atoms with van der Waals surface area (Å²) < 4.78 is 5.63. The van der Waals surface area contributed by atoms with Crippen molar-refractivity contribution in [3.8, 4) is 0 Å². The highest BCUT2D eigenvalue weighted by molar-refractivity contribution is 7.18. The number of nitrogens with zero attached hydrogens (tertiary/aromatic N) is 2. The number of aryl methyl sites for hydroxylation is 2. The molecule has 0 aliphatic rings. The van der Waals surface area contributed by atoms with E-state index in [0.29, 0.717) is 6.61 Å². The predicted octanol–water partition coefficient (Wildman–Crippen LogP) is 4.06. The van der Waals surface area contributed by atoms with Crippen molar-refractivity contribution in [2.75, 3.05) is 18.5 Å². The minimum absolute atomic E-state index is 0.490. The SMILES string of the molecule is CCCCOCc1nc(NCC)c2c(C)c(C)sc2n1. The van der Waals surface area contributed by atoms with Crippen LogP contribution in [-0.4, -0.2) is 23.1 Å². The summed E-state index contributed by atoms with van der Waals surface area (Å²) in [6.07, 6.45) is 2.23.